The first kappa shape index (κ1) is 11.3. The Hall–Kier alpha value is -2.49. The summed E-state index contributed by atoms with van der Waals surface area (Å²) in [6.07, 6.45) is 0. The first-order chi connectivity index (χ1) is 9.79. The molecule has 2 heterocycles. The predicted molar refractivity (Wildman–Crippen MR) is 77.0 cm³/mol. The molecule has 2 aromatic carbocycles. The Morgan fingerprint density at radius 1 is 1.20 bits per heavy atom. The Balaban J connectivity index is 1.70. The second-order valence-corrected chi connectivity index (χ2v) is 4.96. The quantitative estimate of drug-likeness (QED) is 0.729. The number of benzene rings is 2. The number of fused-ring (bicyclic) bond motifs is 2. The highest BCUT2D eigenvalue weighted by Gasteiger charge is 2.20. The third-order valence-electron chi connectivity index (χ3n) is 3.54. The Morgan fingerprint density at radius 3 is 3.05 bits per heavy atom. The highest BCUT2D eigenvalue weighted by molar-refractivity contribution is 5.74. The number of hydrogen-bond donors (Lipinski definition) is 1. The Morgan fingerprint density at radius 2 is 2.10 bits per heavy atom. The van der Waals surface area contributed by atoms with Crippen molar-refractivity contribution in [3.63, 3.8) is 0 Å². The van der Waals surface area contributed by atoms with Crippen LogP contribution in [0.2, 0.25) is 0 Å². The smallest absolute Gasteiger partial charge is 0.192 e. The van der Waals surface area contributed by atoms with Gasteiger partial charge in [0.05, 0.1) is 11.7 Å². The molecule has 4 heteroatoms. The van der Waals surface area contributed by atoms with E-state index in [1.807, 2.05) is 37.3 Å². The van der Waals surface area contributed by atoms with Gasteiger partial charge in [-0.15, -0.1) is 0 Å². The van der Waals surface area contributed by atoms with Crippen LogP contribution in [0.3, 0.4) is 0 Å². The molecule has 0 aliphatic carbocycles. The van der Waals surface area contributed by atoms with Crippen LogP contribution >= 0.6 is 0 Å². The van der Waals surface area contributed by atoms with Crippen molar-refractivity contribution in [2.24, 2.45) is 0 Å². The number of anilines is 1. The van der Waals surface area contributed by atoms with Crippen molar-refractivity contribution in [3.05, 3.63) is 53.9 Å². The number of ether oxygens (including phenoxy) is 1. The molecule has 1 aliphatic rings. The predicted octanol–water partition coefficient (Wildman–Crippen LogP) is 3.68. The minimum absolute atomic E-state index is 0.131. The highest BCUT2D eigenvalue weighted by atomic mass is 16.5. The zero-order valence-electron chi connectivity index (χ0n) is 11.1. The third-order valence-corrected chi connectivity index (χ3v) is 3.54. The highest BCUT2D eigenvalue weighted by Crippen LogP contribution is 2.34. The molecule has 20 heavy (non-hydrogen) atoms. The van der Waals surface area contributed by atoms with E-state index in [-0.39, 0.29) is 6.04 Å². The maximum absolute atomic E-state index is 5.80. The van der Waals surface area contributed by atoms with E-state index in [9.17, 15) is 0 Å². The fraction of sp³-hybridized carbons (Fsp3) is 0.188. The summed E-state index contributed by atoms with van der Waals surface area (Å²) in [6.45, 7) is 2.47. The third kappa shape index (κ3) is 1.81. The van der Waals surface area contributed by atoms with Crippen LogP contribution in [0.25, 0.3) is 11.1 Å². The molecule has 1 unspecified atom stereocenters. The lowest BCUT2D eigenvalue weighted by molar-refractivity contribution is 0.286. The van der Waals surface area contributed by atoms with E-state index >= 15 is 0 Å². The zero-order valence-corrected chi connectivity index (χ0v) is 11.1. The van der Waals surface area contributed by atoms with Crippen LogP contribution in [0, 0.1) is 6.92 Å². The summed E-state index contributed by atoms with van der Waals surface area (Å²) in [5.74, 6) is 1.59. The fourth-order valence-electron chi connectivity index (χ4n) is 2.57. The molecule has 0 saturated heterocycles. The van der Waals surface area contributed by atoms with Crippen LogP contribution in [-0.4, -0.2) is 11.6 Å². The number of nitrogens with one attached hydrogen (secondary N) is 1. The number of rotatable bonds is 1. The van der Waals surface area contributed by atoms with Gasteiger partial charge in [-0.3, -0.25) is 0 Å². The number of aromatic nitrogens is 1. The Kier molecular flexibility index (Phi) is 2.42. The van der Waals surface area contributed by atoms with Gasteiger partial charge < -0.3 is 14.5 Å². The number of oxazole rings is 1. The van der Waals surface area contributed by atoms with Crippen LogP contribution < -0.4 is 10.1 Å². The largest absolute Gasteiger partial charge is 0.489 e. The van der Waals surface area contributed by atoms with Gasteiger partial charge in [0, 0.05) is 6.92 Å². The van der Waals surface area contributed by atoms with Gasteiger partial charge in [-0.05, 0) is 29.8 Å². The van der Waals surface area contributed by atoms with Crippen molar-refractivity contribution in [3.8, 4) is 5.75 Å². The van der Waals surface area contributed by atoms with Crippen molar-refractivity contribution in [2.45, 2.75) is 13.0 Å². The molecule has 4 rings (SSSR count). The molecular formula is C16H14N2O2. The first-order valence-electron chi connectivity index (χ1n) is 6.65. The van der Waals surface area contributed by atoms with E-state index in [0.29, 0.717) is 12.5 Å². The summed E-state index contributed by atoms with van der Waals surface area (Å²) in [4.78, 5) is 4.38. The molecule has 0 saturated carbocycles. The summed E-state index contributed by atoms with van der Waals surface area (Å²) in [7, 11) is 0. The standard InChI is InChI=1S/C16H14N2O2/c1-10-17-13-8-11(6-7-16(13)20-10)14-9-19-15-5-3-2-4-12(15)18-14/h2-8,14,18H,9H2,1H3. The topological polar surface area (TPSA) is 47.3 Å². The second kappa shape index (κ2) is 4.27. The summed E-state index contributed by atoms with van der Waals surface area (Å²) in [5, 5.41) is 3.50. The normalized spacial score (nSPS) is 17.4. The maximum atomic E-state index is 5.80. The molecule has 1 aliphatic heterocycles. The molecule has 0 bridgehead atoms. The average Bonchev–Trinajstić information content (AvgIpc) is 2.85. The van der Waals surface area contributed by atoms with Gasteiger partial charge >= 0.3 is 0 Å². The number of nitrogens with zero attached hydrogens (tertiary/aromatic N) is 1. The molecule has 1 N–H and O–H groups in total. The van der Waals surface area contributed by atoms with Crippen LogP contribution in [0.4, 0.5) is 5.69 Å². The fourth-order valence-corrected chi connectivity index (χ4v) is 2.57. The van der Waals surface area contributed by atoms with E-state index in [1.54, 1.807) is 0 Å². The average molecular weight is 266 g/mol. The molecule has 3 aromatic rings. The van der Waals surface area contributed by atoms with Crippen LogP contribution in [0.1, 0.15) is 17.5 Å². The summed E-state index contributed by atoms with van der Waals surface area (Å²) >= 11 is 0. The first-order valence-corrected chi connectivity index (χ1v) is 6.65. The molecule has 0 amide bonds. The van der Waals surface area contributed by atoms with Gasteiger partial charge in [-0.25, -0.2) is 4.98 Å². The molecule has 100 valence electrons. The van der Waals surface area contributed by atoms with Crippen molar-refractivity contribution in [1.82, 2.24) is 4.98 Å². The number of aryl methyl sites for hydroxylation is 1. The van der Waals surface area contributed by atoms with Gasteiger partial charge in [-0.1, -0.05) is 18.2 Å². The molecule has 1 aromatic heterocycles. The van der Waals surface area contributed by atoms with Crippen molar-refractivity contribution in [2.75, 3.05) is 11.9 Å². The van der Waals surface area contributed by atoms with E-state index < -0.39 is 0 Å². The monoisotopic (exact) mass is 266 g/mol. The number of para-hydroxylation sites is 2. The lowest BCUT2D eigenvalue weighted by atomic mass is 10.1. The molecule has 0 fully saturated rings. The van der Waals surface area contributed by atoms with Gasteiger partial charge in [-0.2, -0.15) is 0 Å². The maximum Gasteiger partial charge on any atom is 0.192 e. The van der Waals surface area contributed by atoms with Crippen molar-refractivity contribution in [1.29, 1.82) is 0 Å². The second-order valence-electron chi connectivity index (χ2n) is 4.96. The van der Waals surface area contributed by atoms with Crippen LogP contribution in [0.5, 0.6) is 5.75 Å². The summed E-state index contributed by atoms with van der Waals surface area (Å²) in [5.41, 5.74) is 3.89. The van der Waals surface area contributed by atoms with E-state index in [4.69, 9.17) is 9.15 Å². The van der Waals surface area contributed by atoms with Crippen LogP contribution in [0.15, 0.2) is 46.9 Å². The SMILES string of the molecule is Cc1nc2cc(C3COc4ccccc4N3)ccc2o1. The molecule has 0 radical (unpaired) electrons. The Bertz CT molecular complexity index is 779. The minimum atomic E-state index is 0.131. The lowest BCUT2D eigenvalue weighted by Gasteiger charge is -2.27. The van der Waals surface area contributed by atoms with Gasteiger partial charge in [0.1, 0.15) is 17.9 Å². The number of hydrogen-bond acceptors (Lipinski definition) is 4. The van der Waals surface area contributed by atoms with E-state index in [0.717, 1.165) is 28.1 Å². The van der Waals surface area contributed by atoms with Gasteiger partial charge in [0.15, 0.2) is 11.5 Å². The molecule has 0 spiro atoms. The van der Waals surface area contributed by atoms with Crippen LogP contribution in [-0.2, 0) is 0 Å². The van der Waals surface area contributed by atoms with Gasteiger partial charge in [0.2, 0.25) is 0 Å². The Labute approximate surface area is 116 Å². The van der Waals surface area contributed by atoms with Crippen molar-refractivity contribution >= 4 is 16.8 Å². The van der Waals surface area contributed by atoms with E-state index in [1.165, 1.54) is 0 Å². The molecule has 1 atom stereocenters. The van der Waals surface area contributed by atoms with Crippen molar-refractivity contribution < 1.29 is 9.15 Å². The zero-order chi connectivity index (χ0) is 13.5. The van der Waals surface area contributed by atoms with Gasteiger partial charge in [0.25, 0.3) is 0 Å². The summed E-state index contributed by atoms with van der Waals surface area (Å²) < 4.78 is 11.3. The molecule has 4 nitrogen and oxygen atoms in total. The van der Waals surface area contributed by atoms with E-state index in [2.05, 4.69) is 22.4 Å². The lowest BCUT2D eigenvalue weighted by Crippen LogP contribution is -2.23. The minimum Gasteiger partial charge on any atom is -0.489 e. The summed E-state index contributed by atoms with van der Waals surface area (Å²) in [6, 6.07) is 14.2. The molecular weight excluding hydrogens is 252 g/mol.